The van der Waals surface area contributed by atoms with Crippen molar-refractivity contribution >= 4 is 25.6 Å². The van der Waals surface area contributed by atoms with Gasteiger partial charge in [0, 0.05) is 6.26 Å². The van der Waals surface area contributed by atoms with Crippen LogP contribution in [0.3, 0.4) is 0 Å². The van der Waals surface area contributed by atoms with Gasteiger partial charge in [-0.05, 0) is 12.3 Å². The summed E-state index contributed by atoms with van der Waals surface area (Å²) in [6, 6.07) is 0. The Labute approximate surface area is 94.5 Å². The van der Waals surface area contributed by atoms with Crippen LogP contribution in [0.5, 0.6) is 0 Å². The molecule has 8 heteroatoms. The van der Waals surface area contributed by atoms with E-state index in [0.717, 1.165) is 6.26 Å². The maximum atomic E-state index is 11.2. The second-order valence-corrected chi connectivity index (χ2v) is 8.61. The lowest BCUT2D eigenvalue weighted by atomic mass is 9.94. The highest BCUT2D eigenvalue weighted by molar-refractivity contribution is 7.91. The molecule has 0 aromatic heterocycles. The van der Waals surface area contributed by atoms with Crippen molar-refractivity contribution in [2.24, 2.45) is 11.8 Å². The van der Waals surface area contributed by atoms with Crippen LogP contribution in [0.2, 0.25) is 0 Å². The minimum absolute atomic E-state index is 0.0504. The van der Waals surface area contributed by atoms with Crippen molar-refractivity contribution in [1.82, 2.24) is 0 Å². The van der Waals surface area contributed by atoms with E-state index in [1.807, 2.05) is 0 Å². The second kappa shape index (κ2) is 4.33. The van der Waals surface area contributed by atoms with Gasteiger partial charge in [-0.15, -0.1) is 0 Å². The summed E-state index contributed by atoms with van der Waals surface area (Å²) < 4.78 is 44.5. The van der Waals surface area contributed by atoms with E-state index >= 15 is 0 Å². The highest BCUT2D eigenvalue weighted by atomic mass is 32.2. The van der Waals surface area contributed by atoms with Gasteiger partial charge in [0.2, 0.25) is 0 Å². The second-order valence-electron chi connectivity index (χ2n) is 4.20. The van der Waals surface area contributed by atoms with Gasteiger partial charge in [-0.3, -0.25) is 4.79 Å². The van der Waals surface area contributed by atoms with Crippen LogP contribution in [-0.4, -0.2) is 51.4 Å². The Bertz CT molecular complexity index is 475. The molecule has 1 aliphatic heterocycles. The van der Waals surface area contributed by atoms with E-state index in [9.17, 15) is 21.6 Å². The number of carboxylic acids is 1. The normalized spacial score (nSPS) is 26.4. The lowest BCUT2D eigenvalue weighted by Crippen LogP contribution is -2.31. The zero-order valence-corrected chi connectivity index (χ0v) is 10.4. The summed E-state index contributed by atoms with van der Waals surface area (Å²) in [5.41, 5.74) is 0. The van der Waals surface area contributed by atoms with Gasteiger partial charge in [-0.25, -0.2) is 16.8 Å². The maximum absolute atomic E-state index is 11.2. The molecule has 2 atom stereocenters. The summed E-state index contributed by atoms with van der Waals surface area (Å²) in [7, 11) is -6.61. The molecule has 0 amide bonds. The molecule has 16 heavy (non-hydrogen) atoms. The molecule has 6 nitrogen and oxygen atoms in total. The van der Waals surface area contributed by atoms with Crippen LogP contribution in [0, 0.1) is 11.8 Å². The third-order valence-electron chi connectivity index (χ3n) is 2.64. The maximum Gasteiger partial charge on any atom is 0.307 e. The molecule has 0 radical (unpaired) electrons. The molecule has 0 aromatic rings. The molecule has 1 N–H and O–H groups in total. The predicted molar refractivity (Wildman–Crippen MR) is 57.6 cm³/mol. The van der Waals surface area contributed by atoms with Gasteiger partial charge in [0.15, 0.2) is 9.84 Å². The number of hydrogen-bond acceptors (Lipinski definition) is 5. The fourth-order valence-electron chi connectivity index (χ4n) is 1.88. The number of aliphatic carboxylic acids is 1. The first-order chi connectivity index (χ1) is 7.11. The summed E-state index contributed by atoms with van der Waals surface area (Å²) in [5.74, 6) is -3.72. The quantitative estimate of drug-likeness (QED) is 0.714. The summed E-state index contributed by atoms with van der Waals surface area (Å²) in [6.07, 6.45) is 1.18. The highest BCUT2D eigenvalue weighted by Gasteiger charge is 2.38. The molecule has 1 aliphatic rings. The van der Waals surface area contributed by atoms with Gasteiger partial charge in [0.05, 0.1) is 23.2 Å². The number of carbonyl (C=O) groups is 1. The number of carboxylic acid groups (broad SMARTS) is 1. The highest BCUT2D eigenvalue weighted by Crippen LogP contribution is 2.27. The third-order valence-corrected chi connectivity index (χ3v) is 5.39. The summed E-state index contributed by atoms with van der Waals surface area (Å²) in [6.45, 7) is 0. The van der Waals surface area contributed by atoms with Gasteiger partial charge < -0.3 is 5.11 Å². The molecule has 1 fully saturated rings. The topological polar surface area (TPSA) is 106 Å². The Kier molecular flexibility index (Phi) is 3.63. The number of sulfone groups is 2. The van der Waals surface area contributed by atoms with Crippen LogP contribution in [0.4, 0.5) is 0 Å². The molecule has 0 aliphatic carbocycles. The fraction of sp³-hybridized carbons (Fsp3) is 0.875. The Morgan fingerprint density at radius 3 is 2.38 bits per heavy atom. The van der Waals surface area contributed by atoms with Gasteiger partial charge in [0.25, 0.3) is 0 Å². The number of hydrogen-bond donors (Lipinski definition) is 1. The van der Waals surface area contributed by atoms with Gasteiger partial charge in [-0.1, -0.05) is 0 Å². The average Bonchev–Trinajstić information content (AvgIpc) is 2.39. The Balaban J connectivity index is 2.85. The van der Waals surface area contributed by atoms with Gasteiger partial charge in [-0.2, -0.15) is 0 Å². The van der Waals surface area contributed by atoms with Crippen LogP contribution in [-0.2, 0) is 24.5 Å². The fourth-order valence-corrected chi connectivity index (χ4v) is 4.82. The first-order valence-corrected chi connectivity index (χ1v) is 8.60. The van der Waals surface area contributed by atoms with Crippen LogP contribution >= 0.6 is 0 Å². The zero-order chi connectivity index (χ0) is 12.6. The third kappa shape index (κ3) is 3.75. The number of rotatable bonds is 4. The Morgan fingerprint density at radius 1 is 1.50 bits per heavy atom. The van der Waals surface area contributed by atoms with E-state index in [0.29, 0.717) is 0 Å². The average molecular weight is 270 g/mol. The van der Waals surface area contributed by atoms with Gasteiger partial charge >= 0.3 is 5.97 Å². The molecule has 1 rings (SSSR count). The molecule has 2 unspecified atom stereocenters. The van der Waals surface area contributed by atoms with Crippen LogP contribution in [0.15, 0.2) is 0 Å². The molecule has 0 aromatic carbocycles. The van der Waals surface area contributed by atoms with Crippen LogP contribution in [0.1, 0.15) is 6.42 Å². The SMILES string of the molecule is CS(=O)(=O)CC(C(=O)O)C1CCS(=O)(=O)C1. The van der Waals surface area contributed by atoms with E-state index < -0.39 is 43.2 Å². The molecule has 0 bridgehead atoms. The van der Waals surface area contributed by atoms with E-state index in [2.05, 4.69) is 0 Å². The molecule has 1 heterocycles. The zero-order valence-electron chi connectivity index (χ0n) is 8.79. The smallest absolute Gasteiger partial charge is 0.307 e. The van der Waals surface area contributed by atoms with Crippen molar-refractivity contribution in [3.05, 3.63) is 0 Å². The van der Waals surface area contributed by atoms with Crippen molar-refractivity contribution in [3.8, 4) is 0 Å². The van der Waals surface area contributed by atoms with Crippen molar-refractivity contribution < 1.29 is 26.7 Å². The summed E-state index contributed by atoms with van der Waals surface area (Å²) >= 11 is 0. The van der Waals surface area contributed by atoms with E-state index in [-0.39, 0.29) is 17.9 Å². The molecule has 0 saturated carbocycles. The largest absolute Gasteiger partial charge is 0.481 e. The minimum Gasteiger partial charge on any atom is -0.481 e. The Morgan fingerprint density at radius 2 is 2.06 bits per heavy atom. The molecule has 94 valence electrons. The van der Waals surface area contributed by atoms with E-state index in [1.165, 1.54) is 0 Å². The van der Waals surface area contributed by atoms with Crippen molar-refractivity contribution in [2.45, 2.75) is 6.42 Å². The predicted octanol–water partition coefficient (Wildman–Crippen LogP) is -0.833. The molecular formula is C8H14O6S2. The van der Waals surface area contributed by atoms with Crippen molar-refractivity contribution in [1.29, 1.82) is 0 Å². The first kappa shape index (κ1) is 13.4. The summed E-state index contributed by atoms with van der Waals surface area (Å²) in [5, 5.41) is 8.91. The van der Waals surface area contributed by atoms with Gasteiger partial charge in [0.1, 0.15) is 9.84 Å². The monoisotopic (exact) mass is 270 g/mol. The van der Waals surface area contributed by atoms with Crippen molar-refractivity contribution in [2.75, 3.05) is 23.5 Å². The van der Waals surface area contributed by atoms with Crippen LogP contribution < -0.4 is 0 Å². The summed E-state index contributed by atoms with van der Waals surface area (Å²) in [4.78, 5) is 10.9. The lowest BCUT2D eigenvalue weighted by molar-refractivity contribution is -0.142. The molecule has 1 saturated heterocycles. The van der Waals surface area contributed by atoms with Crippen molar-refractivity contribution in [3.63, 3.8) is 0 Å². The molecule has 0 spiro atoms. The van der Waals surface area contributed by atoms with Crippen LogP contribution in [0.25, 0.3) is 0 Å². The standard InChI is InChI=1S/C8H14O6S2/c1-15(11,12)5-7(8(9)10)6-2-3-16(13,14)4-6/h6-7H,2-5H2,1H3,(H,9,10). The van der Waals surface area contributed by atoms with E-state index in [4.69, 9.17) is 5.11 Å². The minimum atomic E-state index is -3.42. The van der Waals surface area contributed by atoms with E-state index in [1.54, 1.807) is 0 Å². The molecular weight excluding hydrogens is 256 g/mol. The lowest BCUT2D eigenvalue weighted by Gasteiger charge is -2.16. The Hall–Kier alpha value is -0.630. The first-order valence-electron chi connectivity index (χ1n) is 4.72.